The zero-order chi connectivity index (χ0) is 22.1. The van der Waals surface area contributed by atoms with Gasteiger partial charge in [0, 0.05) is 50.9 Å². The van der Waals surface area contributed by atoms with Gasteiger partial charge >= 0.3 is 0 Å². The van der Waals surface area contributed by atoms with Crippen molar-refractivity contribution in [3.63, 3.8) is 0 Å². The van der Waals surface area contributed by atoms with Gasteiger partial charge in [-0.3, -0.25) is 9.69 Å². The topological polar surface area (TPSA) is 81.8 Å². The normalized spacial score (nSPS) is 23.8. The van der Waals surface area contributed by atoms with Crippen LogP contribution in [0, 0.1) is 0 Å². The maximum atomic E-state index is 11.6. The first kappa shape index (κ1) is 21.3. The molecule has 9 nitrogen and oxygen atoms in total. The lowest BCUT2D eigenvalue weighted by atomic mass is 10.0. The Morgan fingerprint density at radius 1 is 1.06 bits per heavy atom. The molecule has 1 amide bonds. The predicted octanol–water partition coefficient (Wildman–Crippen LogP) is 2.03. The summed E-state index contributed by atoms with van der Waals surface area (Å²) >= 11 is 0. The van der Waals surface area contributed by atoms with Gasteiger partial charge < -0.3 is 19.2 Å². The summed E-state index contributed by atoms with van der Waals surface area (Å²) in [6.07, 6.45) is 6.48. The Morgan fingerprint density at radius 2 is 1.84 bits per heavy atom. The fourth-order valence-corrected chi connectivity index (χ4v) is 5.29. The van der Waals surface area contributed by atoms with Gasteiger partial charge in [-0.05, 0) is 64.5 Å². The SMILES string of the molecule is CC(=O)N1CCN(c2cc(-c3noc(C4CCCN4C4CCN(C)CC4)n3)ccn2)CC1. The third-order valence-electron chi connectivity index (χ3n) is 7.23. The molecule has 0 radical (unpaired) electrons. The summed E-state index contributed by atoms with van der Waals surface area (Å²) in [6, 6.07) is 4.80. The molecular formula is C23H33N7O2. The van der Waals surface area contributed by atoms with Gasteiger partial charge in [-0.2, -0.15) is 4.98 Å². The Hall–Kier alpha value is -2.52. The van der Waals surface area contributed by atoms with Gasteiger partial charge in [0.15, 0.2) is 0 Å². The Kier molecular flexibility index (Phi) is 6.10. The van der Waals surface area contributed by atoms with Crippen molar-refractivity contribution in [2.75, 3.05) is 57.8 Å². The molecule has 32 heavy (non-hydrogen) atoms. The predicted molar refractivity (Wildman–Crippen MR) is 121 cm³/mol. The van der Waals surface area contributed by atoms with E-state index in [2.05, 4.69) is 31.9 Å². The third kappa shape index (κ3) is 4.36. The molecule has 0 aliphatic carbocycles. The Balaban J connectivity index is 1.29. The van der Waals surface area contributed by atoms with Crippen LogP contribution in [0.2, 0.25) is 0 Å². The molecule has 2 aromatic rings. The van der Waals surface area contributed by atoms with Crippen LogP contribution in [-0.4, -0.2) is 94.6 Å². The first-order chi connectivity index (χ1) is 15.6. The number of hydrogen-bond donors (Lipinski definition) is 0. The number of likely N-dealkylation sites (tertiary alicyclic amines) is 2. The van der Waals surface area contributed by atoms with E-state index < -0.39 is 0 Å². The van der Waals surface area contributed by atoms with E-state index in [1.54, 1.807) is 13.1 Å². The molecule has 0 saturated carbocycles. The molecule has 0 N–H and O–H groups in total. The van der Waals surface area contributed by atoms with Crippen LogP contribution in [0.15, 0.2) is 22.9 Å². The van der Waals surface area contributed by atoms with Crippen LogP contribution in [0.4, 0.5) is 5.82 Å². The number of piperazine rings is 1. The number of hydrogen-bond acceptors (Lipinski definition) is 8. The van der Waals surface area contributed by atoms with Crippen molar-refractivity contribution in [2.24, 2.45) is 0 Å². The van der Waals surface area contributed by atoms with Gasteiger partial charge in [0.25, 0.3) is 0 Å². The quantitative estimate of drug-likeness (QED) is 0.716. The highest BCUT2D eigenvalue weighted by Crippen LogP contribution is 2.36. The van der Waals surface area contributed by atoms with Crippen molar-refractivity contribution in [1.29, 1.82) is 0 Å². The first-order valence-electron chi connectivity index (χ1n) is 11.8. The minimum Gasteiger partial charge on any atom is -0.353 e. The van der Waals surface area contributed by atoms with E-state index in [1.165, 1.54) is 19.3 Å². The standard InChI is InChI=1S/C23H33N7O2/c1-17(31)28-12-14-29(15-13-28)21-16-18(5-8-24-21)22-25-23(32-26-22)20-4-3-9-30(20)19-6-10-27(2)11-7-19/h5,8,16,19-20H,3-4,6-7,9-15H2,1-2H3. The van der Waals surface area contributed by atoms with E-state index in [-0.39, 0.29) is 11.9 Å². The molecule has 3 aliphatic heterocycles. The van der Waals surface area contributed by atoms with Crippen LogP contribution in [0.1, 0.15) is 44.5 Å². The van der Waals surface area contributed by atoms with Crippen molar-refractivity contribution in [2.45, 2.75) is 44.7 Å². The zero-order valence-electron chi connectivity index (χ0n) is 19.1. The lowest BCUT2D eigenvalue weighted by Gasteiger charge is -2.37. The molecule has 5 heterocycles. The van der Waals surface area contributed by atoms with Gasteiger partial charge in [0.1, 0.15) is 5.82 Å². The lowest BCUT2D eigenvalue weighted by molar-refractivity contribution is -0.129. The molecular weight excluding hydrogens is 406 g/mol. The smallest absolute Gasteiger partial charge is 0.244 e. The summed E-state index contributed by atoms with van der Waals surface area (Å²) in [7, 11) is 2.20. The third-order valence-corrected chi connectivity index (χ3v) is 7.23. The van der Waals surface area contributed by atoms with E-state index in [0.29, 0.717) is 11.9 Å². The summed E-state index contributed by atoms with van der Waals surface area (Å²) in [5, 5.41) is 4.32. The number of nitrogens with zero attached hydrogens (tertiary/aromatic N) is 7. The van der Waals surface area contributed by atoms with Crippen LogP contribution < -0.4 is 4.90 Å². The maximum Gasteiger partial charge on any atom is 0.244 e. The van der Waals surface area contributed by atoms with E-state index in [4.69, 9.17) is 9.51 Å². The molecule has 9 heteroatoms. The largest absolute Gasteiger partial charge is 0.353 e. The van der Waals surface area contributed by atoms with Crippen LogP contribution in [0.3, 0.4) is 0 Å². The number of amides is 1. The zero-order valence-corrected chi connectivity index (χ0v) is 19.1. The Morgan fingerprint density at radius 3 is 2.59 bits per heavy atom. The maximum absolute atomic E-state index is 11.6. The lowest BCUT2D eigenvalue weighted by Crippen LogP contribution is -2.48. The van der Waals surface area contributed by atoms with Crippen LogP contribution in [0.25, 0.3) is 11.4 Å². The second-order valence-corrected chi connectivity index (χ2v) is 9.28. The van der Waals surface area contributed by atoms with Gasteiger partial charge in [0.2, 0.25) is 17.6 Å². The molecule has 3 aliphatic rings. The molecule has 0 bridgehead atoms. The Bertz CT molecular complexity index is 932. The van der Waals surface area contributed by atoms with Crippen molar-refractivity contribution in [3.8, 4) is 11.4 Å². The molecule has 3 saturated heterocycles. The number of aromatic nitrogens is 3. The Labute approximate surface area is 189 Å². The van der Waals surface area contributed by atoms with Crippen LogP contribution >= 0.6 is 0 Å². The highest BCUT2D eigenvalue weighted by atomic mass is 16.5. The molecule has 1 unspecified atom stereocenters. The fraction of sp³-hybridized carbons (Fsp3) is 0.652. The van der Waals surface area contributed by atoms with Gasteiger partial charge in [-0.25, -0.2) is 4.98 Å². The van der Waals surface area contributed by atoms with Crippen LogP contribution in [-0.2, 0) is 4.79 Å². The molecule has 5 rings (SSSR count). The van der Waals surface area contributed by atoms with E-state index in [1.807, 2.05) is 17.0 Å². The summed E-state index contributed by atoms with van der Waals surface area (Å²) in [5.74, 6) is 2.39. The average molecular weight is 440 g/mol. The molecule has 0 spiro atoms. The summed E-state index contributed by atoms with van der Waals surface area (Å²) in [4.78, 5) is 30.0. The number of piperidine rings is 1. The number of carbonyl (C=O) groups is 1. The number of rotatable bonds is 4. The van der Waals surface area contributed by atoms with Crippen molar-refractivity contribution < 1.29 is 9.32 Å². The van der Waals surface area contributed by atoms with Crippen molar-refractivity contribution in [3.05, 3.63) is 24.2 Å². The average Bonchev–Trinajstić information content (AvgIpc) is 3.50. The number of pyridine rings is 1. The molecule has 1 atom stereocenters. The number of carbonyl (C=O) groups excluding carboxylic acids is 1. The highest BCUT2D eigenvalue weighted by Gasteiger charge is 2.36. The number of anilines is 1. The molecule has 2 aromatic heterocycles. The minimum atomic E-state index is 0.131. The summed E-state index contributed by atoms with van der Waals surface area (Å²) in [5.41, 5.74) is 0.919. The molecule has 3 fully saturated rings. The van der Waals surface area contributed by atoms with Gasteiger partial charge in [-0.15, -0.1) is 0 Å². The van der Waals surface area contributed by atoms with Crippen molar-refractivity contribution >= 4 is 11.7 Å². The summed E-state index contributed by atoms with van der Waals surface area (Å²) < 4.78 is 5.78. The van der Waals surface area contributed by atoms with E-state index in [9.17, 15) is 4.79 Å². The second-order valence-electron chi connectivity index (χ2n) is 9.28. The highest BCUT2D eigenvalue weighted by molar-refractivity contribution is 5.73. The molecule has 172 valence electrons. The second kappa shape index (κ2) is 9.15. The monoisotopic (exact) mass is 439 g/mol. The molecule has 0 aromatic carbocycles. The van der Waals surface area contributed by atoms with Crippen molar-refractivity contribution in [1.82, 2.24) is 29.8 Å². The van der Waals surface area contributed by atoms with Gasteiger partial charge in [0.05, 0.1) is 6.04 Å². The summed E-state index contributed by atoms with van der Waals surface area (Å²) in [6.45, 7) is 8.06. The fourth-order valence-electron chi connectivity index (χ4n) is 5.29. The minimum absolute atomic E-state index is 0.131. The van der Waals surface area contributed by atoms with Crippen LogP contribution in [0.5, 0.6) is 0 Å². The van der Waals surface area contributed by atoms with E-state index in [0.717, 1.165) is 69.5 Å². The van der Waals surface area contributed by atoms with Gasteiger partial charge in [-0.1, -0.05) is 5.16 Å². The van der Waals surface area contributed by atoms with E-state index >= 15 is 0 Å². The first-order valence-corrected chi connectivity index (χ1v) is 11.8.